The number of nitrogens with zero attached hydrogens (tertiary/aromatic N) is 5. The van der Waals surface area contributed by atoms with Gasteiger partial charge in [0.05, 0.1) is 30.8 Å². The van der Waals surface area contributed by atoms with Crippen LogP contribution >= 0.6 is 0 Å². The molecule has 0 saturated carbocycles. The lowest BCUT2D eigenvalue weighted by atomic mass is 10.1. The number of ether oxygens (including phenoxy) is 2. The van der Waals surface area contributed by atoms with Crippen molar-refractivity contribution in [1.82, 2.24) is 19.7 Å². The molecule has 140 valence electrons. The third-order valence-corrected chi connectivity index (χ3v) is 4.83. The van der Waals surface area contributed by atoms with Crippen LogP contribution in [0.5, 0.6) is 5.75 Å². The first-order chi connectivity index (χ1) is 13.3. The molecule has 0 radical (unpaired) electrons. The second-order valence-electron chi connectivity index (χ2n) is 6.56. The molecule has 1 aliphatic rings. The van der Waals surface area contributed by atoms with E-state index in [0.717, 1.165) is 54.6 Å². The number of anilines is 1. The van der Waals surface area contributed by atoms with Crippen molar-refractivity contribution < 1.29 is 9.47 Å². The Balaban J connectivity index is 1.58. The topological polar surface area (TPSA) is 65.3 Å². The van der Waals surface area contributed by atoms with E-state index in [0.29, 0.717) is 0 Å². The summed E-state index contributed by atoms with van der Waals surface area (Å²) in [4.78, 5) is 11.4. The van der Waals surface area contributed by atoms with Gasteiger partial charge in [-0.05, 0) is 31.0 Å². The van der Waals surface area contributed by atoms with E-state index in [1.54, 1.807) is 20.4 Å². The van der Waals surface area contributed by atoms with Gasteiger partial charge in [-0.1, -0.05) is 6.07 Å². The highest BCUT2D eigenvalue weighted by molar-refractivity contribution is 5.59. The second kappa shape index (κ2) is 7.75. The van der Waals surface area contributed by atoms with Gasteiger partial charge in [0.2, 0.25) is 5.95 Å². The van der Waals surface area contributed by atoms with E-state index in [2.05, 4.69) is 15.0 Å². The summed E-state index contributed by atoms with van der Waals surface area (Å²) < 4.78 is 12.6. The van der Waals surface area contributed by atoms with Crippen LogP contribution < -0.4 is 9.64 Å². The lowest BCUT2D eigenvalue weighted by Crippen LogP contribution is -2.40. The van der Waals surface area contributed by atoms with E-state index < -0.39 is 0 Å². The standard InChI is InChI=1S/C20H23N5O2/c1-26-17-6-3-5-16(11-17)25-13-15(12-22-25)19-8-9-21-20(23-19)24-10-4-7-18(14-24)27-2/h3,5-6,8-9,11-13,18H,4,7,10,14H2,1-2H3/t18-/m0/s1. The number of hydrogen-bond acceptors (Lipinski definition) is 6. The molecule has 0 spiro atoms. The van der Waals surface area contributed by atoms with Crippen LogP contribution in [0, 0.1) is 0 Å². The maximum absolute atomic E-state index is 5.51. The Hall–Kier alpha value is -2.93. The molecule has 1 aromatic carbocycles. The second-order valence-corrected chi connectivity index (χ2v) is 6.56. The number of benzene rings is 1. The van der Waals surface area contributed by atoms with Gasteiger partial charge in [-0.3, -0.25) is 0 Å². The van der Waals surface area contributed by atoms with Crippen LogP contribution in [0.15, 0.2) is 48.9 Å². The van der Waals surface area contributed by atoms with Gasteiger partial charge in [-0.25, -0.2) is 14.6 Å². The highest BCUT2D eigenvalue weighted by atomic mass is 16.5. The van der Waals surface area contributed by atoms with Crippen LogP contribution in [0.1, 0.15) is 12.8 Å². The van der Waals surface area contributed by atoms with Crippen molar-refractivity contribution in [2.45, 2.75) is 18.9 Å². The number of rotatable bonds is 5. The lowest BCUT2D eigenvalue weighted by molar-refractivity contribution is 0.0889. The molecule has 0 N–H and O–H groups in total. The van der Waals surface area contributed by atoms with Gasteiger partial charge < -0.3 is 14.4 Å². The van der Waals surface area contributed by atoms with Crippen molar-refractivity contribution in [2.24, 2.45) is 0 Å². The smallest absolute Gasteiger partial charge is 0.225 e. The fourth-order valence-electron chi connectivity index (χ4n) is 3.32. The molecular formula is C20H23N5O2. The first-order valence-electron chi connectivity index (χ1n) is 9.07. The van der Waals surface area contributed by atoms with Crippen molar-refractivity contribution in [1.29, 1.82) is 0 Å². The monoisotopic (exact) mass is 365 g/mol. The Labute approximate surface area is 158 Å². The molecule has 1 saturated heterocycles. The largest absolute Gasteiger partial charge is 0.497 e. The quantitative estimate of drug-likeness (QED) is 0.693. The first kappa shape index (κ1) is 17.5. The minimum absolute atomic E-state index is 0.238. The van der Waals surface area contributed by atoms with E-state index in [1.807, 2.05) is 47.4 Å². The molecule has 3 heterocycles. The third-order valence-electron chi connectivity index (χ3n) is 4.83. The molecule has 0 amide bonds. The molecule has 4 rings (SSSR count). The van der Waals surface area contributed by atoms with E-state index >= 15 is 0 Å². The van der Waals surface area contributed by atoms with Gasteiger partial charge in [0.25, 0.3) is 0 Å². The molecule has 1 aliphatic heterocycles. The molecule has 7 heteroatoms. The maximum atomic E-state index is 5.51. The summed E-state index contributed by atoms with van der Waals surface area (Å²) in [5.41, 5.74) is 2.74. The first-order valence-corrected chi connectivity index (χ1v) is 9.07. The van der Waals surface area contributed by atoms with Gasteiger partial charge in [-0.15, -0.1) is 0 Å². The predicted octanol–water partition coefficient (Wildman–Crippen LogP) is 2.95. The summed E-state index contributed by atoms with van der Waals surface area (Å²) >= 11 is 0. The van der Waals surface area contributed by atoms with Gasteiger partial charge in [0.15, 0.2) is 0 Å². The van der Waals surface area contributed by atoms with E-state index in [1.165, 1.54) is 0 Å². The minimum Gasteiger partial charge on any atom is -0.497 e. The van der Waals surface area contributed by atoms with E-state index in [9.17, 15) is 0 Å². The summed E-state index contributed by atoms with van der Waals surface area (Å²) in [7, 11) is 3.42. The van der Waals surface area contributed by atoms with Crippen LogP contribution in [0.3, 0.4) is 0 Å². The zero-order valence-electron chi connectivity index (χ0n) is 15.6. The fraction of sp³-hybridized carbons (Fsp3) is 0.350. The van der Waals surface area contributed by atoms with Crippen molar-refractivity contribution in [2.75, 3.05) is 32.2 Å². The molecule has 2 aromatic heterocycles. The van der Waals surface area contributed by atoms with Crippen LogP contribution in [0.4, 0.5) is 5.95 Å². The fourth-order valence-corrected chi connectivity index (χ4v) is 3.32. The van der Waals surface area contributed by atoms with Crippen LogP contribution in [-0.4, -0.2) is 53.2 Å². The number of aromatic nitrogens is 4. The number of methoxy groups -OCH3 is 2. The highest BCUT2D eigenvalue weighted by Crippen LogP contribution is 2.23. The van der Waals surface area contributed by atoms with Gasteiger partial charge >= 0.3 is 0 Å². The van der Waals surface area contributed by atoms with Crippen LogP contribution in [-0.2, 0) is 4.74 Å². The van der Waals surface area contributed by atoms with E-state index in [-0.39, 0.29) is 6.10 Å². The molecule has 1 atom stereocenters. The van der Waals surface area contributed by atoms with Crippen molar-refractivity contribution in [3.05, 3.63) is 48.9 Å². The summed E-state index contributed by atoms with van der Waals surface area (Å²) in [6, 6.07) is 9.70. The zero-order chi connectivity index (χ0) is 18.6. The Morgan fingerprint density at radius 1 is 1.19 bits per heavy atom. The van der Waals surface area contributed by atoms with Crippen LogP contribution in [0.25, 0.3) is 16.9 Å². The molecule has 1 fully saturated rings. The molecule has 0 unspecified atom stereocenters. The third kappa shape index (κ3) is 3.78. The Morgan fingerprint density at radius 2 is 2.11 bits per heavy atom. The summed E-state index contributed by atoms with van der Waals surface area (Å²) in [6.07, 6.45) is 7.99. The average molecular weight is 365 g/mol. The summed E-state index contributed by atoms with van der Waals surface area (Å²) in [6.45, 7) is 1.77. The molecule has 0 aliphatic carbocycles. The zero-order valence-corrected chi connectivity index (χ0v) is 15.6. The minimum atomic E-state index is 0.238. The average Bonchev–Trinajstić information content (AvgIpc) is 3.24. The molecule has 0 bridgehead atoms. The van der Waals surface area contributed by atoms with Gasteiger partial charge in [-0.2, -0.15) is 5.10 Å². The lowest BCUT2D eigenvalue weighted by Gasteiger charge is -2.31. The Morgan fingerprint density at radius 3 is 2.96 bits per heavy atom. The van der Waals surface area contributed by atoms with Crippen molar-refractivity contribution >= 4 is 5.95 Å². The molecule has 27 heavy (non-hydrogen) atoms. The molecule has 7 nitrogen and oxygen atoms in total. The number of hydrogen-bond donors (Lipinski definition) is 0. The molecular weight excluding hydrogens is 342 g/mol. The van der Waals surface area contributed by atoms with E-state index in [4.69, 9.17) is 14.5 Å². The summed E-state index contributed by atoms with van der Waals surface area (Å²) in [5, 5.41) is 4.47. The predicted molar refractivity (Wildman–Crippen MR) is 103 cm³/mol. The normalized spacial score (nSPS) is 17.1. The van der Waals surface area contributed by atoms with Crippen LogP contribution in [0.2, 0.25) is 0 Å². The Bertz CT molecular complexity index is 911. The van der Waals surface area contributed by atoms with Crippen molar-refractivity contribution in [3.63, 3.8) is 0 Å². The van der Waals surface area contributed by atoms with Gasteiger partial charge in [0.1, 0.15) is 5.75 Å². The highest BCUT2D eigenvalue weighted by Gasteiger charge is 2.21. The maximum Gasteiger partial charge on any atom is 0.225 e. The van der Waals surface area contributed by atoms with Crippen molar-refractivity contribution in [3.8, 4) is 22.7 Å². The SMILES string of the molecule is COc1cccc(-n2cc(-c3ccnc(N4CCC[C@H](OC)C4)n3)cn2)c1. The Kier molecular flexibility index (Phi) is 5.02. The molecule has 3 aromatic rings. The summed E-state index contributed by atoms with van der Waals surface area (Å²) in [5.74, 6) is 1.54. The number of piperidine rings is 1. The van der Waals surface area contributed by atoms with Gasteiger partial charge in [0, 0.05) is 44.2 Å².